The van der Waals surface area contributed by atoms with E-state index in [4.69, 9.17) is 29.9 Å². The topological polar surface area (TPSA) is 103 Å². The molecule has 16 rings (SSSR count). The number of pyridine rings is 2. The third-order valence-corrected chi connectivity index (χ3v) is 15.5. The Morgan fingerprint density at radius 2 is 0.463 bits per heavy atom. The van der Waals surface area contributed by atoms with Crippen LogP contribution >= 0.6 is 0 Å². The molecule has 8 heteroatoms. The van der Waals surface area contributed by atoms with E-state index in [0.717, 1.165) is 77.9 Å². The second kappa shape index (κ2) is 19.7. The van der Waals surface area contributed by atoms with Crippen molar-refractivity contribution in [3.63, 3.8) is 0 Å². The van der Waals surface area contributed by atoms with E-state index in [2.05, 4.69) is 168 Å². The maximum atomic E-state index is 5.16. The number of hydrogen-bond acceptors (Lipinski definition) is 8. The number of aromatic nitrogens is 8. The molecule has 4 aromatic heterocycles. The molecule has 374 valence electrons. The van der Waals surface area contributed by atoms with Crippen LogP contribution < -0.4 is 0 Å². The van der Waals surface area contributed by atoms with Gasteiger partial charge < -0.3 is 0 Å². The fraction of sp³-hybridized carbons (Fsp3) is 0.0278. The molecular formula is C72H46N8. The van der Waals surface area contributed by atoms with Gasteiger partial charge in [-0.25, -0.2) is 29.9 Å². The Balaban J connectivity index is 0.777. The molecule has 2 atom stereocenters. The zero-order chi connectivity index (χ0) is 52.9. The second-order valence-electron chi connectivity index (χ2n) is 20.3. The molecule has 0 N–H and O–H groups in total. The highest BCUT2D eigenvalue weighted by molar-refractivity contribution is 5.80. The first kappa shape index (κ1) is 46.6. The molecule has 0 radical (unpaired) electrons. The molecule has 2 unspecified atom stereocenters. The zero-order valence-electron chi connectivity index (χ0n) is 43.1. The fourth-order valence-corrected chi connectivity index (χ4v) is 11.7. The lowest BCUT2D eigenvalue weighted by Crippen LogP contribution is -2.27. The first-order valence-electron chi connectivity index (χ1n) is 26.8. The minimum Gasteiger partial charge on any atom is -0.264 e. The van der Waals surface area contributed by atoms with Gasteiger partial charge >= 0.3 is 0 Å². The Morgan fingerprint density at radius 1 is 0.188 bits per heavy atom. The van der Waals surface area contributed by atoms with E-state index >= 15 is 0 Å². The lowest BCUT2D eigenvalue weighted by atomic mass is 9.60. The van der Waals surface area contributed by atoms with Crippen LogP contribution in [0.15, 0.2) is 267 Å². The number of nitrogens with zero attached hydrogens (tertiary/aromatic N) is 8. The predicted octanol–water partition coefficient (Wildman–Crippen LogP) is 16.5. The third kappa shape index (κ3) is 8.52. The molecule has 0 amide bonds. The van der Waals surface area contributed by atoms with Gasteiger partial charge in [-0.15, -0.1) is 0 Å². The number of rotatable bonds is 10. The lowest BCUT2D eigenvalue weighted by molar-refractivity contribution is 0.755. The lowest BCUT2D eigenvalue weighted by Gasteiger charge is -2.42. The smallest absolute Gasteiger partial charge is 0.164 e. The minimum absolute atomic E-state index is 0.0726. The van der Waals surface area contributed by atoms with Crippen molar-refractivity contribution < 1.29 is 0 Å². The Labute approximate surface area is 463 Å². The van der Waals surface area contributed by atoms with Crippen LogP contribution in [0.1, 0.15) is 45.2 Å². The molecular weight excluding hydrogens is 977 g/mol. The number of benzene rings is 9. The molecule has 80 heavy (non-hydrogen) atoms. The molecule has 3 aliphatic carbocycles. The van der Waals surface area contributed by atoms with Crippen LogP contribution in [0.25, 0.3) is 113 Å². The standard InChI is InChI=1S/C72H46N8/c1-3-15-45(16-4-1)67-75-69(79-71(77-67)55-25-11-21-49(39-55)57-27-13-35-73-43-57)53-23-9-19-47(37-53)51-31-33-61-63(41-51)65-59-29-7-8-30-60(59)66(61)64-42-52(32-34-62(64)65)48-20-10-24-54(38-48)70-76-68(46-17-5-2-6-18-46)78-72(80-70)56-26-12-22-50(40-56)58-28-14-36-74-44-58/h1-44,65-66H. The Bertz CT molecular complexity index is 4200. The molecule has 0 saturated heterocycles. The van der Waals surface area contributed by atoms with Gasteiger partial charge in [-0.3, -0.25) is 9.97 Å². The monoisotopic (exact) mass is 1020 g/mol. The van der Waals surface area contributed by atoms with Gasteiger partial charge in [-0.2, -0.15) is 0 Å². The zero-order valence-corrected chi connectivity index (χ0v) is 43.1. The quantitative estimate of drug-likeness (QED) is 0.133. The maximum Gasteiger partial charge on any atom is 0.164 e. The van der Waals surface area contributed by atoms with Crippen molar-refractivity contribution in [2.75, 3.05) is 0 Å². The largest absolute Gasteiger partial charge is 0.264 e. The summed E-state index contributed by atoms with van der Waals surface area (Å²) in [5.41, 5.74) is 22.2. The molecule has 9 aromatic carbocycles. The molecule has 3 aliphatic rings. The first-order chi connectivity index (χ1) is 39.6. The van der Waals surface area contributed by atoms with Gasteiger partial charge in [0.2, 0.25) is 0 Å². The van der Waals surface area contributed by atoms with Crippen LogP contribution in [0.4, 0.5) is 0 Å². The van der Waals surface area contributed by atoms with E-state index in [1.807, 2.05) is 97.3 Å². The molecule has 13 aromatic rings. The average Bonchev–Trinajstić information content (AvgIpc) is 3.73. The third-order valence-electron chi connectivity index (χ3n) is 15.5. The summed E-state index contributed by atoms with van der Waals surface area (Å²) in [6, 6.07) is 85.3. The summed E-state index contributed by atoms with van der Waals surface area (Å²) in [5.74, 6) is 3.83. The summed E-state index contributed by atoms with van der Waals surface area (Å²) >= 11 is 0. The summed E-state index contributed by atoms with van der Waals surface area (Å²) in [5, 5.41) is 0. The van der Waals surface area contributed by atoms with Crippen molar-refractivity contribution in [2.45, 2.75) is 11.8 Å². The molecule has 0 saturated carbocycles. The summed E-state index contributed by atoms with van der Waals surface area (Å²) in [4.78, 5) is 39.4. The fourth-order valence-electron chi connectivity index (χ4n) is 11.7. The van der Waals surface area contributed by atoms with E-state index in [1.54, 1.807) is 12.4 Å². The van der Waals surface area contributed by atoms with Crippen LogP contribution in [0.2, 0.25) is 0 Å². The Morgan fingerprint density at radius 3 is 0.812 bits per heavy atom. The highest BCUT2D eigenvalue weighted by Gasteiger charge is 2.41. The van der Waals surface area contributed by atoms with Crippen molar-refractivity contribution in [3.05, 3.63) is 301 Å². The molecule has 0 fully saturated rings. The van der Waals surface area contributed by atoms with Gasteiger partial charge in [0.1, 0.15) is 0 Å². The van der Waals surface area contributed by atoms with Crippen LogP contribution in [-0.4, -0.2) is 39.9 Å². The Hall–Kier alpha value is -10.7. The maximum absolute atomic E-state index is 5.16. The van der Waals surface area contributed by atoms with Crippen molar-refractivity contribution in [2.24, 2.45) is 0 Å². The van der Waals surface area contributed by atoms with Crippen LogP contribution in [0, 0.1) is 0 Å². The first-order valence-corrected chi connectivity index (χ1v) is 26.8. The van der Waals surface area contributed by atoms with E-state index < -0.39 is 0 Å². The van der Waals surface area contributed by atoms with Gasteiger partial charge in [-0.05, 0) is 115 Å². The summed E-state index contributed by atoms with van der Waals surface area (Å²) in [6.07, 6.45) is 7.33. The second-order valence-corrected chi connectivity index (χ2v) is 20.3. The molecule has 8 nitrogen and oxygen atoms in total. The van der Waals surface area contributed by atoms with E-state index in [1.165, 1.54) is 33.4 Å². The van der Waals surface area contributed by atoms with Gasteiger partial charge in [-0.1, -0.05) is 194 Å². The van der Waals surface area contributed by atoms with Crippen molar-refractivity contribution in [1.29, 1.82) is 0 Å². The normalized spacial score (nSPS) is 13.8. The summed E-state index contributed by atoms with van der Waals surface area (Å²) in [6.45, 7) is 0. The van der Waals surface area contributed by atoms with Gasteiger partial charge in [0.25, 0.3) is 0 Å². The minimum atomic E-state index is 0.0726. The predicted molar refractivity (Wildman–Crippen MR) is 318 cm³/mol. The van der Waals surface area contributed by atoms with Gasteiger partial charge in [0.15, 0.2) is 34.9 Å². The van der Waals surface area contributed by atoms with Gasteiger partial charge in [0.05, 0.1) is 0 Å². The summed E-state index contributed by atoms with van der Waals surface area (Å²) < 4.78 is 0. The molecule has 4 heterocycles. The SMILES string of the molecule is c1ccc(-c2nc(-c3cccc(-c4cccnc4)c3)nc(-c3cccc(-c4ccc5c(c4)C4c6ccccc6C5c5cc(-c6cccc(-c7nc(-c8ccccc8)nc(-c8cccc(-c9cccnc9)c8)n7)c6)ccc54)c3)n2)cc1. The van der Waals surface area contributed by atoms with E-state index in [-0.39, 0.29) is 11.8 Å². The van der Waals surface area contributed by atoms with Crippen molar-refractivity contribution >= 4 is 0 Å². The Kier molecular flexibility index (Phi) is 11.5. The van der Waals surface area contributed by atoms with Crippen LogP contribution in [-0.2, 0) is 0 Å². The van der Waals surface area contributed by atoms with Crippen LogP contribution in [0.5, 0.6) is 0 Å². The van der Waals surface area contributed by atoms with Crippen molar-refractivity contribution in [3.8, 4) is 113 Å². The van der Waals surface area contributed by atoms with E-state index in [9.17, 15) is 0 Å². The van der Waals surface area contributed by atoms with Crippen molar-refractivity contribution in [1.82, 2.24) is 39.9 Å². The van der Waals surface area contributed by atoms with Crippen LogP contribution in [0.3, 0.4) is 0 Å². The number of hydrogen-bond donors (Lipinski definition) is 0. The van der Waals surface area contributed by atoms with E-state index in [0.29, 0.717) is 34.9 Å². The highest BCUT2D eigenvalue weighted by atomic mass is 15.0. The molecule has 0 aliphatic heterocycles. The summed E-state index contributed by atoms with van der Waals surface area (Å²) in [7, 11) is 0. The molecule has 2 bridgehead atoms. The van der Waals surface area contributed by atoms with Gasteiger partial charge in [0, 0.05) is 81.1 Å². The average molecular weight is 1020 g/mol. The molecule has 0 spiro atoms. The highest BCUT2D eigenvalue weighted by Crippen LogP contribution is 2.57.